The smallest absolute Gasteiger partial charge is 0.121 e. The van der Waals surface area contributed by atoms with E-state index >= 15 is 0 Å². The molecular formula is C16H25NO. The largest absolute Gasteiger partial charge is 0.494 e. The maximum Gasteiger partial charge on any atom is 0.121 e. The third-order valence-electron chi connectivity index (χ3n) is 3.62. The van der Waals surface area contributed by atoms with Gasteiger partial charge in [0.1, 0.15) is 5.75 Å². The van der Waals surface area contributed by atoms with E-state index in [2.05, 4.69) is 23.5 Å². The van der Waals surface area contributed by atoms with Crippen LogP contribution in [-0.2, 0) is 0 Å². The first-order valence-electron chi connectivity index (χ1n) is 7.38. The Bertz CT molecular complexity index is 343. The van der Waals surface area contributed by atoms with Crippen LogP contribution >= 0.6 is 0 Å². The van der Waals surface area contributed by atoms with Gasteiger partial charge in [0.25, 0.3) is 0 Å². The molecule has 1 aromatic carbocycles. The first-order chi connectivity index (χ1) is 8.88. The van der Waals surface area contributed by atoms with Gasteiger partial charge >= 0.3 is 0 Å². The summed E-state index contributed by atoms with van der Waals surface area (Å²) < 4.78 is 5.54. The summed E-state index contributed by atoms with van der Waals surface area (Å²) in [5, 5.41) is 3.67. The molecule has 1 N–H and O–H groups in total. The molecular weight excluding hydrogens is 222 g/mol. The molecule has 0 heterocycles. The van der Waals surface area contributed by atoms with Gasteiger partial charge in [0.2, 0.25) is 0 Å². The van der Waals surface area contributed by atoms with E-state index in [1.807, 2.05) is 13.0 Å². The van der Waals surface area contributed by atoms with Crippen LogP contribution < -0.4 is 10.1 Å². The minimum Gasteiger partial charge on any atom is -0.494 e. The van der Waals surface area contributed by atoms with Gasteiger partial charge in [-0.15, -0.1) is 0 Å². The van der Waals surface area contributed by atoms with Crippen LogP contribution in [0.3, 0.4) is 0 Å². The maximum absolute atomic E-state index is 5.54. The van der Waals surface area contributed by atoms with Crippen LogP contribution in [0.15, 0.2) is 24.3 Å². The van der Waals surface area contributed by atoms with Crippen molar-refractivity contribution in [2.45, 2.75) is 57.9 Å². The summed E-state index contributed by atoms with van der Waals surface area (Å²) >= 11 is 0. The van der Waals surface area contributed by atoms with Crippen LogP contribution in [-0.4, -0.2) is 12.6 Å². The molecule has 0 atom stereocenters. The number of nitrogens with one attached hydrogen (secondary N) is 1. The number of ether oxygens (including phenoxy) is 1. The van der Waals surface area contributed by atoms with Gasteiger partial charge in [-0.05, 0) is 31.9 Å². The lowest BCUT2D eigenvalue weighted by atomic mass is 9.96. The predicted molar refractivity (Wildman–Crippen MR) is 77.3 cm³/mol. The van der Waals surface area contributed by atoms with Gasteiger partial charge in [0, 0.05) is 17.8 Å². The highest BCUT2D eigenvalue weighted by Crippen LogP contribution is 2.23. The molecule has 2 nitrogen and oxygen atoms in total. The Balaban J connectivity index is 1.92. The van der Waals surface area contributed by atoms with Crippen molar-refractivity contribution in [3.05, 3.63) is 24.3 Å². The molecule has 1 aromatic rings. The lowest BCUT2D eigenvalue weighted by molar-refractivity contribution is 0.340. The van der Waals surface area contributed by atoms with Gasteiger partial charge in [0.05, 0.1) is 6.61 Å². The quantitative estimate of drug-likeness (QED) is 0.839. The van der Waals surface area contributed by atoms with Crippen LogP contribution in [0.1, 0.15) is 51.9 Å². The van der Waals surface area contributed by atoms with E-state index in [1.54, 1.807) is 0 Å². The average molecular weight is 247 g/mol. The maximum atomic E-state index is 5.54. The third kappa shape index (κ3) is 4.25. The summed E-state index contributed by atoms with van der Waals surface area (Å²) in [5.41, 5.74) is 1.20. The second-order valence-corrected chi connectivity index (χ2v) is 5.15. The van der Waals surface area contributed by atoms with Crippen molar-refractivity contribution in [1.82, 2.24) is 0 Å². The summed E-state index contributed by atoms with van der Waals surface area (Å²) in [6.45, 7) is 2.75. The van der Waals surface area contributed by atoms with Crippen LogP contribution in [0.2, 0.25) is 0 Å². The van der Waals surface area contributed by atoms with Gasteiger partial charge in [-0.25, -0.2) is 0 Å². The molecule has 1 aliphatic rings. The second kappa shape index (κ2) is 7.30. The van der Waals surface area contributed by atoms with Gasteiger partial charge in [0.15, 0.2) is 0 Å². The Labute approximate surface area is 111 Å². The molecule has 0 aromatic heterocycles. The van der Waals surface area contributed by atoms with Gasteiger partial charge in [-0.2, -0.15) is 0 Å². The molecule has 0 spiro atoms. The Morgan fingerprint density at radius 3 is 2.56 bits per heavy atom. The van der Waals surface area contributed by atoms with Gasteiger partial charge in [-0.3, -0.25) is 0 Å². The second-order valence-electron chi connectivity index (χ2n) is 5.15. The zero-order valence-electron chi connectivity index (χ0n) is 11.5. The van der Waals surface area contributed by atoms with Crippen LogP contribution in [0, 0.1) is 0 Å². The molecule has 2 rings (SSSR count). The lowest BCUT2D eigenvalue weighted by Crippen LogP contribution is -2.20. The summed E-state index contributed by atoms with van der Waals surface area (Å²) in [4.78, 5) is 0. The summed E-state index contributed by atoms with van der Waals surface area (Å²) in [6.07, 6.45) is 9.56. The number of benzene rings is 1. The van der Waals surface area contributed by atoms with E-state index in [1.165, 1.54) is 50.6 Å². The number of rotatable bonds is 4. The summed E-state index contributed by atoms with van der Waals surface area (Å²) in [5.74, 6) is 0.966. The molecule has 0 radical (unpaired) electrons. The fourth-order valence-electron chi connectivity index (χ4n) is 2.68. The summed E-state index contributed by atoms with van der Waals surface area (Å²) in [6, 6.07) is 8.98. The zero-order valence-corrected chi connectivity index (χ0v) is 11.5. The van der Waals surface area contributed by atoms with Gasteiger partial charge < -0.3 is 10.1 Å². The van der Waals surface area contributed by atoms with E-state index < -0.39 is 0 Å². The van der Waals surface area contributed by atoms with E-state index in [0.29, 0.717) is 6.04 Å². The van der Waals surface area contributed by atoms with Crippen molar-refractivity contribution in [3.8, 4) is 5.75 Å². The minimum absolute atomic E-state index is 0.641. The van der Waals surface area contributed by atoms with Crippen LogP contribution in [0.4, 0.5) is 5.69 Å². The fourth-order valence-corrected chi connectivity index (χ4v) is 2.68. The fraction of sp³-hybridized carbons (Fsp3) is 0.625. The Morgan fingerprint density at radius 2 is 1.83 bits per heavy atom. The third-order valence-corrected chi connectivity index (χ3v) is 3.62. The SMILES string of the molecule is CCOc1cccc(NC2CCCCCCC2)c1. The molecule has 1 fully saturated rings. The predicted octanol–water partition coefficient (Wildman–Crippen LogP) is 4.61. The number of anilines is 1. The van der Waals surface area contributed by atoms with Crippen LogP contribution in [0.5, 0.6) is 5.75 Å². The number of hydrogen-bond acceptors (Lipinski definition) is 2. The molecule has 0 aliphatic heterocycles. The molecule has 18 heavy (non-hydrogen) atoms. The van der Waals surface area contributed by atoms with Crippen LogP contribution in [0.25, 0.3) is 0 Å². The number of hydrogen-bond donors (Lipinski definition) is 1. The molecule has 1 aliphatic carbocycles. The van der Waals surface area contributed by atoms with Crippen molar-refractivity contribution in [2.75, 3.05) is 11.9 Å². The van der Waals surface area contributed by atoms with Crippen molar-refractivity contribution in [2.24, 2.45) is 0 Å². The molecule has 0 amide bonds. The monoisotopic (exact) mass is 247 g/mol. The highest BCUT2D eigenvalue weighted by Gasteiger charge is 2.11. The standard InChI is InChI=1S/C16H25NO/c1-2-18-16-12-8-11-15(13-16)17-14-9-6-4-3-5-7-10-14/h8,11-14,17H,2-7,9-10H2,1H3. The first-order valence-corrected chi connectivity index (χ1v) is 7.38. The van der Waals surface area contributed by atoms with E-state index in [-0.39, 0.29) is 0 Å². The topological polar surface area (TPSA) is 21.3 Å². The summed E-state index contributed by atoms with van der Waals surface area (Å²) in [7, 11) is 0. The van der Waals surface area contributed by atoms with Gasteiger partial charge in [-0.1, -0.05) is 38.2 Å². The molecule has 0 unspecified atom stereocenters. The lowest BCUT2D eigenvalue weighted by Gasteiger charge is -2.22. The highest BCUT2D eigenvalue weighted by molar-refractivity contribution is 5.48. The Morgan fingerprint density at radius 1 is 1.11 bits per heavy atom. The van der Waals surface area contributed by atoms with E-state index in [9.17, 15) is 0 Å². The average Bonchev–Trinajstić information content (AvgIpc) is 2.33. The molecule has 100 valence electrons. The Hall–Kier alpha value is -1.18. The van der Waals surface area contributed by atoms with Crippen molar-refractivity contribution < 1.29 is 4.74 Å². The normalized spacial score (nSPS) is 17.8. The van der Waals surface area contributed by atoms with E-state index in [4.69, 9.17) is 4.74 Å². The van der Waals surface area contributed by atoms with E-state index in [0.717, 1.165) is 12.4 Å². The molecule has 1 saturated carbocycles. The van der Waals surface area contributed by atoms with Crippen molar-refractivity contribution in [1.29, 1.82) is 0 Å². The molecule has 0 saturated heterocycles. The first kappa shape index (κ1) is 13.3. The molecule has 2 heteroatoms. The Kier molecular flexibility index (Phi) is 5.37. The van der Waals surface area contributed by atoms with Crippen molar-refractivity contribution in [3.63, 3.8) is 0 Å². The highest BCUT2D eigenvalue weighted by atomic mass is 16.5. The minimum atomic E-state index is 0.641. The van der Waals surface area contributed by atoms with Crippen molar-refractivity contribution >= 4 is 5.69 Å². The molecule has 0 bridgehead atoms. The zero-order chi connectivity index (χ0) is 12.6.